The molecule has 0 heterocycles. The van der Waals surface area contributed by atoms with Crippen molar-refractivity contribution >= 4 is 17.9 Å². The van der Waals surface area contributed by atoms with Gasteiger partial charge in [-0.25, -0.2) is 4.79 Å². The first-order valence-corrected chi connectivity index (χ1v) is 8.35. The Labute approximate surface area is 149 Å². The SMILES string of the molecule is C=C(C)C(=O)OCCOC(=O)CCC(=O)OC(C)(C)CCOC(C)C. The Morgan fingerprint density at radius 1 is 0.960 bits per heavy atom. The van der Waals surface area contributed by atoms with Crippen LogP contribution in [0.1, 0.15) is 53.9 Å². The van der Waals surface area contributed by atoms with Gasteiger partial charge < -0.3 is 18.9 Å². The third-order valence-electron chi connectivity index (χ3n) is 3.01. The van der Waals surface area contributed by atoms with Crippen LogP contribution in [0.3, 0.4) is 0 Å². The van der Waals surface area contributed by atoms with Gasteiger partial charge in [-0.05, 0) is 34.6 Å². The standard InChI is InChI=1S/C18H30O7/c1-13(2)17(21)24-12-11-23-15(19)7-8-16(20)25-18(5,6)9-10-22-14(3)4/h14H,1,7-12H2,2-6H3. The quantitative estimate of drug-likeness (QED) is 0.229. The van der Waals surface area contributed by atoms with Crippen molar-refractivity contribution in [1.82, 2.24) is 0 Å². The number of hydrogen-bond donors (Lipinski definition) is 0. The van der Waals surface area contributed by atoms with Crippen molar-refractivity contribution in [3.8, 4) is 0 Å². The van der Waals surface area contributed by atoms with Crippen LogP contribution in [0, 0.1) is 0 Å². The van der Waals surface area contributed by atoms with E-state index >= 15 is 0 Å². The molecule has 0 radical (unpaired) electrons. The maximum absolute atomic E-state index is 11.8. The highest BCUT2D eigenvalue weighted by molar-refractivity contribution is 5.86. The van der Waals surface area contributed by atoms with Crippen LogP contribution in [-0.2, 0) is 33.3 Å². The number of carbonyl (C=O) groups excluding carboxylic acids is 3. The van der Waals surface area contributed by atoms with Crippen molar-refractivity contribution in [3.05, 3.63) is 12.2 Å². The minimum Gasteiger partial charge on any atom is -0.462 e. The molecule has 0 amide bonds. The number of rotatable bonds is 12. The fraction of sp³-hybridized carbons (Fsp3) is 0.722. The zero-order chi connectivity index (χ0) is 19.5. The van der Waals surface area contributed by atoms with E-state index in [2.05, 4.69) is 6.58 Å². The molecule has 0 saturated carbocycles. The third kappa shape index (κ3) is 13.1. The molecule has 0 aliphatic carbocycles. The van der Waals surface area contributed by atoms with Gasteiger partial charge in [0.1, 0.15) is 18.8 Å². The average Bonchev–Trinajstić information content (AvgIpc) is 2.48. The third-order valence-corrected chi connectivity index (χ3v) is 3.01. The Balaban J connectivity index is 3.90. The fourth-order valence-corrected chi connectivity index (χ4v) is 1.64. The minimum atomic E-state index is -0.660. The lowest BCUT2D eigenvalue weighted by Gasteiger charge is -2.25. The number of ether oxygens (including phenoxy) is 4. The van der Waals surface area contributed by atoms with E-state index in [9.17, 15) is 14.4 Å². The maximum atomic E-state index is 11.8. The Bertz CT molecular complexity index is 466. The zero-order valence-corrected chi connectivity index (χ0v) is 15.9. The van der Waals surface area contributed by atoms with Gasteiger partial charge >= 0.3 is 17.9 Å². The Hall–Kier alpha value is -1.89. The summed E-state index contributed by atoms with van der Waals surface area (Å²) in [5, 5.41) is 0. The summed E-state index contributed by atoms with van der Waals surface area (Å²) in [5.41, 5.74) is -0.386. The van der Waals surface area contributed by atoms with Gasteiger partial charge in [0.25, 0.3) is 0 Å². The molecular formula is C18H30O7. The van der Waals surface area contributed by atoms with E-state index in [1.54, 1.807) is 13.8 Å². The second kappa shape index (κ2) is 11.6. The summed E-state index contributed by atoms with van der Waals surface area (Å²) < 4.78 is 20.4. The smallest absolute Gasteiger partial charge is 0.333 e. The first kappa shape index (κ1) is 23.1. The summed E-state index contributed by atoms with van der Waals surface area (Å²) in [6, 6.07) is 0. The van der Waals surface area contributed by atoms with Gasteiger partial charge in [-0.1, -0.05) is 6.58 Å². The van der Waals surface area contributed by atoms with Crippen LogP contribution >= 0.6 is 0 Å². The summed E-state index contributed by atoms with van der Waals surface area (Å²) in [6.45, 7) is 12.8. The predicted molar refractivity (Wildman–Crippen MR) is 91.8 cm³/mol. The molecule has 7 nitrogen and oxygen atoms in total. The molecular weight excluding hydrogens is 328 g/mol. The molecule has 0 spiro atoms. The topological polar surface area (TPSA) is 88.1 Å². The Morgan fingerprint density at radius 3 is 2.08 bits per heavy atom. The number of carbonyl (C=O) groups is 3. The zero-order valence-electron chi connectivity index (χ0n) is 15.9. The normalized spacial score (nSPS) is 11.1. The molecule has 0 aromatic rings. The van der Waals surface area contributed by atoms with Crippen molar-refractivity contribution in [2.75, 3.05) is 19.8 Å². The summed E-state index contributed by atoms with van der Waals surface area (Å²) >= 11 is 0. The highest BCUT2D eigenvalue weighted by Crippen LogP contribution is 2.16. The molecule has 0 aliphatic heterocycles. The van der Waals surface area contributed by atoms with E-state index in [0.717, 1.165) is 0 Å². The van der Waals surface area contributed by atoms with Gasteiger partial charge in [0.05, 0.1) is 25.6 Å². The second-order valence-electron chi connectivity index (χ2n) is 6.54. The average molecular weight is 358 g/mol. The molecule has 144 valence electrons. The van der Waals surface area contributed by atoms with Gasteiger partial charge in [-0.3, -0.25) is 9.59 Å². The van der Waals surface area contributed by atoms with Crippen molar-refractivity contribution < 1.29 is 33.3 Å². The first-order chi connectivity index (χ1) is 11.5. The van der Waals surface area contributed by atoms with E-state index in [1.165, 1.54) is 6.92 Å². The van der Waals surface area contributed by atoms with Crippen LogP contribution in [0.5, 0.6) is 0 Å². The molecule has 0 aromatic heterocycles. The van der Waals surface area contributed by atoms with Crippen molar-refractivity contribution in [3.63, 3.8) is 0 Å². The van der Waals surface area contributed by atoms with Gasteiger partial charge in [0, 0.05) is 12.0 Å². The van der Waals surface area contributed by atoms with Gasteiger partial charge in [-0.2, -0.15) is 0 Å². The van der Waals surface area contributed by atoms with Gasteiger partial charge in [0.2, 0.25) is 0 Å². The largest absolute Gasteiger partial charge is 0.462 e. The van der Waals surface area contributed by atoms with E-state index in [1.807, 2.05) is 13.8 Å². The lowest BCUT2D eigenvalue weighted by molar-refractivity contribution is -0.161. The number of esters is 3. The predicted octanol–water partition coefficient (Wildman–Crippen LogP) is 2.57. The summed E-state index contributed by atoms with van der Waals surface area (Å²) in [7, 11) is 0. The molecule has 0 atom stereocenters. The van der Waals surface area contributed by atoms with E-state index in [0.29, 0.717) is 13.0 Å². The van der Waals surface area contributed by atoms with Crippen LogP contribution in [0.15, 0.2) is 12.2 Å². The van der Waals surface area contributed by atoms with Crippen molar-refractivity contribution in [2.24, 2.45) is 0 Å². The molecule has 7 heteroatoms. The summed E-state index contributed by atoms with van der Waals surface area (Å²) in [4.78, 5) is 34.5. The molecule has 0 saturated heterocycles. The lowest BCUT2D eigenvalue weighted by atomic mass is 10.1. The summed E-state index contributed by atoms with van der Waals surface area (Å²) in [5.74, 6) is -1.56. The molecule has 0 rings (SSSR count). The van der Waals surface area contributed by atoms with Crippen LogP contribution in [0.2, 0.25) is 0 Å². The van der Waals surface area contributed by atoms with Crippen LogP contribution in [-0.4, -0.2) is 49.4 Å². The number of hydrogen-bond acceptors (Lipinski definition) is 7. The monoisotopic (exact) mass is 358 g/mol. The Morgan fingerprint density at radius 2 is 1.52 bits per heavy atom. The summed E-state index contributed by atoms with van der Waals surface area (Å²) in [6.07, 6.45) is 0.524. The highest BCUT2D eigenvalue weighted by Gasteiger charge is 2.23. The van der Waals surface area contributed by atoms with Gasteiger partial charge in [-0.15, -0.1) is 0 Å². The molecule has 0 bridgehead atoms. The molecule has 25 heavy (non-hydrogen) atoms. The van der Waals surface area contributed by atoms with Crippen LogP contribution < -0.4 is 0 Å². The van der Waals surface area contributed by atoms with Crippen molar-refractivity contribution in [1.29, 1.82) is 0 Å². The molecule has 0 aliphatic rings. The second-order valence-corrected chi connectivity index (χ2v) is 6.54. The van der Waals surface area contributed by atoms with Crippen LogP contribution in [0.25, 0.3) is 0 Å². The minimum absolute atomic E-state index is 0.0508. The van der Waals surface area contributed by atoms with Crippen LogP contribution in [0.4, 0.5) is 0 Å². The molecule has 0 aromatic carbocycles. The maximum Gasteiger partial charge on any atom is 0.333 e. The fourth-order valence-electron chi connectivity index (χ4n) is 1.64. The van der Waals surface area contributed by atoms with E-state index < -0.39 is 23.5 Å². The lowest BCUT2D eigenvalue weighted by Crippen LogP contribution is -2.30. The highest BCUT2D eigenvalue weighted by atomic mass is 16.6. The first-order valence-electron chi connectivity index (χ1n) is 8.35. The molecule has 0 unspecified atom stereocenters. The van der Waals surface area contributed by atoms with E-state index in [4.69, 9.17) is 18.9 Å². The van der Waals surface area contributed by atoms with E-state index in [-0.39, 0.29) is 37.7 Å². The van der Waals surface area contributed by atoms with Crippen molar-refractivity contribution in [2.45, 2.75) is 65.6 Å². The molecule has 0 fully saturated rings. The Kier molecular flexibility index (Phi) is 10.7. The van der Waals surface area contributed by atoms with Gasteiger partial charge in [0.15, 0.2) is 0 Å². The molecule has 0 N–H and O–H groups in total.